The number of rotatable bonds is 5. The van der Waals surface area contributed by atoms with Gasteiger partial charge in [-0.1, -0.05) is 11.8 Å². The Morgan fingerprint density at radius 1 is 1.35 bits per heavy atom. The first-order valence-corrected chi connectivity index (χ1v) is 7.70. The van der Waals surface area contributed by atoms with Crippen molar-refractivity contribution in [1.29, 1.82) is 0 Å². The molecule has 122 valence electrons. The van der Waals surface area contributed by atoms with Crippen LogP contribution in [0.25, 0.3) is 0 Å². The summed E-state index contributed by atoms with van der Waals surface area (Å²) in [7, 11) is 0. The first-order chi connectivity index (χ1) is 11.2. The Labute approximate surface area is 134 Å². The minimum Gasteiger partial charge on any atom is -0.394 e. The predicted octanol–water partition coefficient (Wildman–Crippen LogP) is 0.752. The molecule has 23 heavy (non-hydrogen) atoms. The number of H-pyrrole nitrogens is 1. The molecule has 0 unspecified atom stereocenters. The fourth-order valence-corrected chi connectivity index (χ4v) is 2.41. The molecule has 0 radical (unpaired) electrons. The van der Waals surface area contributed by atoms with Gasteiger partial charge < -0.3 is 9.84 Å². The molecular weight excluding hydrogens is 296 g/mol. The molecule has 1 aliphatic rings. The van der Waals surface area contributed by atoms with Gasteiger partial charge in [-0.05, 0) is 25.7 Å². The van der Waals surface area contributed by atoms with Gasteiger partial charge in [-0.3, -0.25) is 14.3 Å². The van der Waals surface area contributed by atoms with Crippen molar-refractivity contribution in [3.8, 4) is 24.2 Å². The molecule has 6 heteroatoms. The quantitative estimate of drug-likeness (QED) is 0.620. The molecule has 0 spiro atoms. The van der Waals surface area contributed by atoms with Crippen molar-refractivity contribution >= 4 is 0 Å². The molecule has 2 heterocycles. The van der Waals surface area contributed by atoms with Crippen LogP contribution in [0.4, 0.5) is 0 Å². The number of ether oxygens (including phenoxy) is 1. The van der Waals surface area contributed by atoms with Crippen molar-refractivity contribution in [1.82, 2.24) is 9.55 Å². The molecule has 1 fully saturated rings. The minimum absolute atomic E-state index is 0.0844. The van der Waals surface area contributed by atoms with Gasteiger partial charge in [0.1, 0.15) is 11.8 Å². The number of unbranched alkanes of at least 4 members (excludes halogenated alkanes) is 3. The molecule has 2 atom stereocenters. The molecule has 1 aromatic rings. The third kappa shape index (κ3) is 4.59. The van der Waals surface area contributed by atoms with Crippen LogP contribution in [0.1, 0.15) is 50.3 Å². The Kier molecular flexibility index (Phi) is 6.22. The van der Waals surface area contributed by atoms with Crippen LogP contribution < -0.4 is 11.2 Å². The molecular formula is C17H20N2O4. The molecule has 1 aromatic heterocycles. The first-order valence-electron chi connectivity index (χ1n) is 7.70. The van der Waals surface area contributed by atoms with E-state index < -0.39 is 17.5 Å². The fraction of sp³-hybridized carbons (Fsp3) is 0.529. The van der Waals surface area contributed by atoms with Crippen LogP contribution >= 0.6 is 0 Å². The Morgan fingerprint density at radius 3 is 2.83 bits per heavy atom. The third-order valence-corrected chi connectivity index (χ3v) is 3.66. The number of aromatic nitrogens is 2. The molecule has 6 nitrogen and oxygen atoms in total. The topological polar surface area (TPSA) is 84.3 Å². The molecule has 0 amide bonds. The molecule has 2 rings (SSSR count). The van der Waals surface area contributed by atoms with E-state index in [1.165, 1.54) is 10.8 Å². The van der Waals surface area contributed by atoms with Crippen molar-refractivity contribution in [3.05, 3.63) is 32.6 Å². The lowest BCUT2D eigenvalue weighted by molar-refractivity contribution is -0.0246. The molecule has 1 saturated heterocycles. The van der Waals surface area contributed by atoms with E-state index in [0.717, 1.165) is 19.3 Å². The minimum atomic E-state index is -0.529. The number of hydrogen-bond acceptors (Lipinski definition) is 4. The molecule has 0 aliphatic carbocycles. The Morgan fingerprint density at radius 2 is 2.13 bits per heavy atom. The predicted molar refractivity (Wildman–Crippen MR) is 85.7 cm³/mol. The molecule has 1 aliphatic heterocycles. The maximum absolute atomic E-state index is 11.9. The standard InChI is InChI=1S/C17H20N2O4/c1-2-3-4-5-6-7-8-13-11-19(17(22)18-16(13)21)15-10-9-14(12-20)23-15/h1,11,14-15,20H,3-6,9-10,12H2,(H,18,21,22)/t14-,15+/m0/s1. The second kappa shape index (κ2) is 8.38. The van der Waals surface area contributed by atoms with Crippen LogP contribution in [0.5, 0.6) is 0 Å². The molecule has 0 bridgehead atoms. The number of nitrogens with one attached hydrogen (secondary N) is 1. The molecule has 2 N–H and O–H groups in total. The van der Waals surface area contributed by atoms with Gasteiger partial charge in [-0.2, -0.15) is 0 Å². The summed E-state index contributed by atoms with van der Waals surface area (Å²) >= 11 is 0. The van der Waals surface area contributed by atoms with E-state index in [0.29, 0.717) is 19.3 Å². The number of aliphatic hydroxyl groups is 1. The third-order valence-electron chi connectivity index (χ3n) is 3.66. The van der Waals surface area contributed by atoms with Crippen molar-refractivity contribution in [2.75, 3.05) is 6.61 Å². The second-order valence-corrected chi connectivity index (χ2v) is 5.39. The highest BCUT2D eigenvalue weighted by atomic mass is 16.5. The van der Waals surface area contributed by atoms with E-state index in [4.69, 9.17) is 16.3 Å². The van der Waals surface area contributed by atoms with Gasteiger partial charge in [0, 0.05) is 19.0 Å². The van der Waals surface area contributed by atoms with Gasteiger partial charge >= 0.3 is 5.69 Å². The zero-order valence-electron chi connectivity index (χ0n) is 12.9. The van der Waals surface area contributed by atoms with E-state index in [-0.39, 0.29) is 18.3 Å². The normalized spacial score (nSPS) is 19.8. The summed E-state index contributed by atoms with van der Waals surface area (Å²) in [5.74, 6) is 8.29. The fourth-order valence-electron chi connectivity index (χ4n) is 2.41. The van der Waals surface area contributed by atoms with Crippen LogP contribution in [0.15, 0.2) is 15.8 Å². The van der Waals surface area contributed by atoms with E-state index >= 15 is 0 Å². The molecule has 0 aromatic carbocycles. The Balaban J connectivity index is 2.11. The number of terminal acetylenes is 1. The maximum Gasteiger partial charge on any atom is 0.330 e. The van der Waals surface area contributed by atoms with Crippen molar-refractivity contribution < 1.29 is 9.84 Å². The Hall–Kier alpha value is -2.28. The lowest BCUT2D eigenvalue weighted by Crippen LogP contribution is -2.33. The van der Waals surface area contributed by atoms with Crippen LogP contribution in [0.2, 0.25) is 0 Å². The van der Waals surface area contributed by atoms with Crippen molar-refractivity contribution in [2.24, 2.45) is 0 Å². The summed E-state index contributed by atoms with van der Waals surface area (Å²) in [5.41, 5.74) is -0.796. The number of hydrogen-bond donors (Lipinski definition) is 2. The number of aliphatic hydroxyl groups excluding tert-OH is 1. The summed E-state index contributed by atoms with van der Waals surface area (Å²) in [6.07, 6.45) is 10.3. The zero-order chi connectivity index (χ0) is 16.7. The summed E-state index contributed by atoms with van der Waals surface area (Å²) in [6.45, 7) is -0.0844. The maximum atomic E-state index is 11.9. The van der Waals surface area contributed by atoms with E-state index in [2.05, 4.69) is 22.7 Å². The van der Waals surface area contributed by atoms with Gasteiger partial charge in [-0.15, -0.1) is 12.3 Å². The lowest BCUT2D eigenvalue weighted by Gasteiger charge is -2.14. The van der Waals surface area contributed by atoms with Gasteiger partial charge in [0.25, 0.3) is 5.56 Å². The monoisotopic (exact) mass is 316 g/mol. The average Bonchev–Trinajstić information content (AvgIpc) is 3.01. The van der Waals surface area contributed by atoms with Crippen molar-refractivity contribution in [3.63, 3.8) is 0 Å². The highest BCUT2D eigenvalue weighted by molar-refractivity contribution is 5.29. The van der Waals surface area contributed by atoms with E-state index in [1.807, 2.05) is 0 Å². The highest BCUT2D eigenvalue weighted by Crippen LogP contribution is 2.26. The van der Waals surface area contributed by atoms with Crippen LogP contribution in [-0.4, -0.2) is 27.4 Å². The van der Waals surface area contributed by atoms with Crippen LogP contribution in [0.3, 0.4) is 0 Å². The first kappa shape index (κ1) is 17.1. The smallest absolute Gasteiger partial charge is 0.330 e. The number of nitrogens with zero attached hydrogens (tertiary/aromatic N) is 1. The van der Waals surface area contributed by atoms with Gasteiger partial charge in [0.2, 0.25) is 0 Å². The number of aromatic amines is 1. The van der Waals surface area contributed by atoms with Crippen LogP contribution in [-0.2, 0) is 4.74 Å². The summed E-state index contributed by atoms with van der Waals surface area (Å²) in [6, 6.07) is 0. The summed E-state index contributed by atoms with van der Waals surface area (Å²) in [4.78, 5) is 26.0. The second-order valence-electron chi connectivity index (χ2n) is 5.39. The summed E-state index contributed by atoms with van der Waals surface area (Å²) in [5, 5.41) is 9.10. The van der Waals surface area contributed by atoms with E-state index in [9.17, 15) is 9.59 Å². The largest absolute Gasteiger partial charge is 0.394 e. The Bertz CT molecular complexity index is 745. The van der Waals surface area contributed by atoms with Gasteiger partial charge in [0.15, 0.2) is 0 Å². The average molecular weight is 316 g/mol. The van der Waals surface area contributed by atoms with E-state index in [1.54, 1.807) is 0 Å². The SMILES string of the molecule is C#CCCCCC#Cc1cn([C@H]2CC[C@@H](CO)O2)c(=O)[nH]c1=O. The molecule has 0 saturated carbocycles. The lowest BCUT2D eigenvalue weighted by atomic mass is 10.2. The summed E-state index contributed by atoms with van der Waals surface area (Å²) < 4.78 is 6.90. The van der Waals surface area contributed by atoms with Crippen molar-refractivity contribution in [2.45, 2.75) is 50.9 Å². The zero-order valence-corrected chi connectivity index (χ0v) is 12.9. The van der Waals surface area contributed by atoms with Gasteiger partial charge in [-0.25, -0.2) is 4.79 Å². The van der Waals surface area contributed by atoms with Gasteiger partial charge in [0.05, 0.1) is 12.7 Å². The van der Waals surface area contributed by atoms with Crippen LogP contribution in [0, 0.1) is 24.2 Å². The highest BCUT2D eigenvalue weighted by Gasteiger charge is 2.26.